The molecular formula is C14H19N3O2S. The standard InChI is InChI=1S/C14H19N3O2S/c1-12-4-6-13(7-5-12)20(18,19)17-11-3-10-16-9-2-8-15-14(16)17/h4-7H,2-3,8-11H2,1H3. The summed E-state index contributed by atoms with van der Waals surface area (Å²) < 4.78 is 27.0. The Morgan fingerprint density at radius 3 is 2.50 bits per heavy atom. The number of sulfonamides is 1. The van der Waals surface area contributed by atoms with Gasteiger partial charge in [-0.15, -0.1) is 0 Å². The number of aryl methyl sites for hydroxylation is 1. The number of hydrogen-bond donors (Lipinski definition) is 0. The molecule has 0 bridgehead atoms. The summed E-state index contributed by atoms with van der Waals surface area (Å²) in [6.45, 7) is 4.99. The second-order valence-corrected chi connectivity index (χ2v) is 7.13. The van der Waals surface area contributed by atoms with Crippen LogP contribution in [-0.2, 0) is 10.0 Å². The van der Waals surface area contributed by atoms with Crippen LogP contribution in [0.25, 0.3) is 0 Å². The Balaban J connectivity index is 1.97. The molecule has 1 saturated heterocycles. The molecule has 0 radical (unpaired) electrons. The van der Waals surface area contributed by atoms with Gasteiger partial charge >= 0.3 is 0 Å². The van der Waals surface area contributed by atoms with E-state index in [0.717, 1.165) is 31.5 Å². The Hall–Kier alpha value is -1.56. The maximum atomic E-state index is 12.8. The first kappa shape index (κ1) is 13.4. The first-order valence-corrected chi connectivity index (χ1v) is 8.42. The fourth-order valence-corrected chi connectivity index (χ4v) is 4.15. The number of rotatable bonds is 2. The molecule has 0 saturated carbocycles. The molecule has 5 nitrogen and oxygen atoms in total. The number of hydrogen-bond acceptors (Lipinski definition) is 4. The first-order valence-electron chi connectivity index (χ1n) is 6.98. The average Bonchev–Trinajstić information content (AvgIpc) is 2.47. The van der Waals surface area contributed by atoms with Crippen molar-refractivity contribution in [2.75, 3.05) is 26.2 Å². The van der Waals surface area contributed by atoms with E-state index in [4.69, 9.17) is 0 Å². The Morgan fingerprint density at radius 2 is 1.75 bits per heavy atom. The molecule has 6 heteroatoms. The maximum absolute atomic E-state index is 12.8. The predicted octanol–water partition coefficient (Wildman–Crippen LogP) is 1.45. The summed E-state index contributed by atoms with van der Waals surface area (Å²) >= 11 is 0. The van der Waals surface area contributed by atoms with E-state index in [0.29, 0.717) is 23.9 Å². The molecule has 0 unspecified atom stereocenters. The summed E-state index contributed by atoms with van der Waals surface area (Å²) in [7, 11) is -3.49. The summed E-state index contributed by atoms with van der Waals surface area (Å²) in [5.74, 6) is 0.628. The molecule has 0 spiro atoms. The molecule has 2 aliphatic rings. The van der Waals surface area contributed by atoms with Gasteiger partial charge in [0.1, 0.15) is 0 Å². The molecule has 0 aliphatic carbocycles. The van der Waals surface area contributed by atoms with Crippen LogP contribution >= 0.6 is 0 Å². The first-order chi connectivity index (χ1) is 9.59. The number of fused-ring (bicyclic) bond motifs is 1. The SMILES string of the molecule is Cc1ccc(S(=O)(=O)N2CCCN3CCCN=C32)cc1. The Bertz CT molecular complexity index is 622. The van der Waals surface area contributed by atoms with Crippen LogP contribution in [0.2, 0.25) is 0 Å². The van der Waals surface area contributed by atoms with Crippen molar-refractivity contribution >= 4 is 16.0 Å². The largest absolute Gasteiger partial charge is 0.342 e. The van der Waals surface area contributed by atoms with Crippen molar-refractivity contribution in [1.82, 2.24) is 9.21 Å². The fraction of sp³-hybridized carbons (Fsp3) is 0.500. The van der Waals surface area contributed by atoms with Gasteiger partial charge in [0, 0.05) is 26.2 Å². The lowest BCUT2D eigenvalue weighted by Crippen LogP contribution is -2.54. The van der Waals surface area contributed by atoms with Crippen LogP contribution in [0.5, 0.6) is 0 Å². The van der Waals surface area contributed by atoms with Crippen LogP contribution in [0.15, 0.2) is 34.2 Å². The normalized spacial score (nSPS) is 19.6. The minimum atomic E-state index is -3.49. The summed E-state index contributed by atoms with van der Waals surface area (Å²) in [5.41, 5.74) is 1.05. The number of nitrogens with zero attached hydrogens (tertiary/aromatic N) is 3. The third kappa shape index (κ3) is 2.28. The van der Waals surface area contributed by atoms with Crippen LogP contribution in [0.1, 0.15) is 18.4 Å². The van der Waals surface area contributed by atoms with Crippen LogP contribution in [-0.4, -0.2) is 49.8 Å². The molecule has 1 aromatic rings. The zero-order valence-corrected chi connectivity index (χ0v) is 12.4. The summed E-state index contributed by atoms with van der Waals surface area (Å²) in [6.07, 6.45) is 1.85. The van der Waals surface area contributed by atoms with Gasteiger partial charge in [0.05, 0.1) is 4.90 Å². The molecule has 0 amide bonds. The van der Waals surface area contributed by atoms with Gasteiger partial charge < -0.3 is 4.90 Å². The molecule has 20 heavy (non-hydrogen) atoms. The molecule has 0 atom stereocenters. The third-order valence-electron chi connectivity index (χ3n) is 3.74. The highest BCUT2D eigenvalue weighted by molar-refractivity contribution is 7.89. The van der Waals surface area contributed by atoms with Gasteiger partial charge in [0.2, 0.25) is 5.96 Å². The number of benzene rings is 1. The number of aliphatic imine (C=N–C) groups is 1. The Kier molecular flexibility index (Phi) is 3.41. The van der Waals surface area contributed by atoms with E-state index in [1.165, 1.54) is 4.31 Å². The fourth-order valence-electron chi connectivity index (χ4n) is 2.66. The predicted molar refractivity (Wildman–Crippen MR) is 78.2 cm³/mol. The zero-order valence-electron chi connectivity index (χ0n) is 11.6. The van der Waals surface area contributed by atoms with Crippen LogP contribution < -0.4 is 0 Å². The van der Waals surface area contributed by atoms with Gasteiger partial charge in [-0.3, -0.25) is 4.99 Å². The third-order valence-corrected chi connectivity index (χ3v) is 5.54. The molecular weight excluding hydrogens is 274 g/mol. The summed E-state index contributed by atoms with van der Waals surface area (Å²) in [4.78, 5) is 6.86. The Labute approximate surface area is 120 Å². The highest BCUT2D eigenvalue weighted by atomic mass is 32.2. The van der Waals surface area contributed by atoms with Crippen LogP contribution in [0.3, 0.4) is 0 Å². The Morgan fingerprint density at radius 1 is 1.05 bits per heavy atom. The average molecular weight is 293 g/mol. The number of guanidine groups is 1. The van der Waals surface area contributed by atoms with Crippen molar-refractivity contribution in [3.05, 3.63) is 29.8 Å². The van der Waals surface area contributed by atoms with Crippen molar-refractivity contribution in [3.8, 4) is 0 Å². The zero-order chi connectivity index (χ0) is 14.2. The molecule has 3 rings (SSSR count). The van der Waals surface area contributed by atoms with E-state index < -0.39 is 10.0 Å². The van der Waals surface area contributed by atoms with Gasteiger partial charge in [0.15, 0.2) is 0 Å². The van der Waals surface area contributed by atoms with Crippen LogP contribution in [0.4, 0.5) is 0 Å². The quantitative estimate of drug-likeness (QED) is 0.829. The summed E-state index contributed by atoms with van der Waals surface area (Å²) in [6, 6.07) is 7.01. The molecule has 2 aliphatic heterocycles. The van der Waals surface area contributed by atoms with Gasteiger partial charge in [0.25, 0.3) is 10.0 Å². The van der Waals surface area contributed by atoms with Crippen LogP contribution in [0, 0.1) is 6.92 Å². The van der Waals surface area contributed by atoms with E-state index in [1.54, 1.807) is 12.1 Å². The monoisotopic (exact) mass is 293 g/mol. The lowest BCUT2D eigenvalue weighted by atomic mass is 10.2. The van der Waals surface area contributed by atoms with Gasteiger partial charge in [-0.25, -0.2) is 12.7 Å². The van der Waals surface area contributed by atoms with E-state index >= 15 is 0 Å². The second-order valence-electron chi connectivity index (χ2n) is 5.27. The lowest BCUT2D eigenvalue weighted by molar-refractivity contribution is 0.299. The van der Waals surface area contributed by atoms with Gasteiger partial charge in [-0.1, -0.05) is 17.7 Å². The minimum Gasteiger partial charge on any atom is -0.342 e. The summed E-state index contributed by atoms with van der Waals surface area (Å²) in [5, 5.41) is 0. The molecule has 108 valence electrons. The highest BCUT2D eigenvalue weighted by Crippen LogP contribution is 2.23. The smallest absolute Gasteiger partial charge is 0.266 e. The molecule has 1 fully saturated rings. The molecule has 0 N–H and O–H groups in total. The topological polar surface area (TPSA) is 53.0 Å². The molecule has 2 heterocycles. The van der Waals surface area contributed by atoms with Crippen molar-refractivity contribution in [2.24, 2.45) is 4.99 Å². The van der Waals surface area contributed by atoms with E-state index in [2.05, 4.69) is 9.89 Å². The molecule has 0 aromatic heterocycles. The minimum absolute atomic E-state index is 0.346. The second kappa shape index (κ2) is 5.09. The van der Waals surface area contributed by atoms with Gasteiger partial charge in [-0.2, -0.15) is 0 Å². The van der Waals surface area contributed by atoms with Crippen molar-refractivity contribution in [2.45, 2.75) is 24.7 Å². The van der Waals surface area contributed by atoms with Gasteiger partial charge in [-0.05, 0) is 31.9 Å². The van der Waals surface area contributed by atoms with Crippen molar-refractivity contribution in [1.29, 1.82) is 0 Å². The van der Waals surface area contributed by atoms with Crippen molar-refractivity contribution < 1.29 is 8.42 Å². The lowest BCUT2D eigenvalue weighted by Gasteiger charge is -2.40. The van der Waals surface area contributed by atoms with Crippen molar-refractivity contribution in [3.63, 3.8) is 0 Å². The van der Waals surface area contributed by atoms with E-state index in [-0.39, 0.29) is 0 Å². The molecule has 1 aromatic carbocycles. The maximum Gasteiger partial charge on any atom is 0.266 e. The van der Waals surface area contributed by atoms with E-state index in [9.17, 15) is 8.42 Å². The van der Waals surface area contributed by atoms with E-state index in [1.807, 2.05) is 19.1 Å². The highest BCUT2D eigenvalue weighted by Gasteiger charge is 2.34.